The van der Waals surface area contributed by atoms with Gasteiger partial charge in [0, 0.05) is 50.2 Å². The summed E-state index contributed by atoms with van der Waals surface area (Å²) in [6, 6.07) is 13.4. The number of piperazine rings is 1. The second-order valence-corrected chi connectivity index (χ2v) is 8.67. The van der Waals surface area contributed by atoms with Gasteiger partial charge >= 0.3 is 0 Å². The Morgan fingerprint density at radius 1 is 0.900 bits per heavy atom. The van der Waals surface area contributed by atoms with E-state index in [1.807, 2.05) is 0 Å². The van der Waals surface area contributed by atoms with Crippen LogP contribution in [0.4, 0.5) is 17.1 Å². The van der Waals surface area contributed by atoms with Gasteiger partial charge in [-0.15, -0.1) is 0 Å². The van der Waals surface area contributed by atoms with E-state index in [2.05, 4.69) is 20.4 Å². The molecule has 0 saturated carbocycles. The van der Waals surface area contributed by atoms with Crippen LogP contribution in [0, 0.1) is 0 Å². The van der Waals surface area contributed by atoms with E-state index in [4.69, 9.17) is 5.14 Å². The molecule has 30 heavy (non-hydrogen) atoms. The first-order chi connectivity index (χ1) is 14.2. The van der Waals surface area contributed by atoms with Gasteiger partial charge in [0.2, 0.25) is 21.8 Å². The van der Waals surface area contributed by atoms with Crippen LogP contribution in [0.2, 0.25) is 0 Å². The van der Waals surface area contributed by atoms with Gasteiger partial charge < -0.3 is 15.5 Å². The normalized spacial score (nSPS) is 14.9. The fourth-order valence-electron chi connectivity index (χ4n) is 3.25. The smallest absolute Gasteiger partial charge is 0.238 e. The third-order valence-corrected chi connectivity index (χ3v) is 5.69. The molecule has 4 N–H and O–H groups in total. The van der Waals surface area contributed by atoms with Gasteiger partial charge in [0.05, 0.1) is 11.4 Å². The summed E-state index contributed by atoms with van der Waals surface area (Å²) in [5.41, 5.74) is 2.27. The highest BCUT2D eigenvalue weighted by Gasteiger charge is 2.20. The minimum Gasteiger partial charge on any atom is -0.369 e. The van der Waals surface area contributed by atoms with Crippen molar-refractivity contribution in [1.82, 2.24) is 4.90 Å². The zero-order valence-electron chi connectivity index (χ0n) is 16.7. The molecule has 0 unspecified atom stereocenters. The van der Waals surface area contributed by atoms with Crippen molar-refractivity contribution in [3.8, 4) is 0 Å². The predicted octanol–water partition coefficient (Wildman–Crippen LogP) is 1.05. The summed E-state index contributed by atoms with van der Waals surface area (Å²) in [6.45, 7) is 4.61. The van der Waals surface area contributed by atoms with Crippen LogP contribution in [0.25, 0.3) is 0 Å². The van der Waals surface area contributed by atoms with E-state index in [1.165, 1.54) is 19.1 Å². The van der Waals surface area contributed by atoms with Crippen molar-refractivity contribution in [3.05, 3.63) is 48.5 Å². The van der Waals surface area contributed by atoms with E-state index in [0.717, 1.165) is 18.8 Å². The van der Waals surface area contributed by atoms with Crippen molar-refractivity contribution >= 4 is 38.9 Å². The Hall–Kier alpha value is -2.95. The van der Waals surface area contributed by atoms with Crippen LogP contribution in [0.15, 0.2) is 53.4 Å². The highest BCUT2D eigenvalue weighted by atomic mass is 32.2. The molecule has 0 atom stereocenters. The van der Waals surface area contributed by atoms with Crippen LogP contribution in [0.3, 0.4) is 0 Å². The topological polar surface area (TPSA) is 125 Å². The zero-order valence-corrected chi connectivity index (χ0v) is 17.5. The molecule has 3 rings (SSSR count). The van der Waals surface area contributed by atoms with Crippen molar-refractivity contribution in [2.45, 2.75) is 11.8 Å². The average molecular weight is 432 g/mol. The number of carbonyl (C=O) groups is 2. The molecule has 2 aromatic rings. The second kappa shape index (κ2) is 9.24. The Morgan fingerprint density at radius 2 is 1.43 bits per heavy atom. The number of hydrogen-bond acceptors (Lipinski definition) is 6. The number of sulfonamides is 1. The lowest BCUT2D eigenvalue weighted by atomic mass is 10.2. The Labute approximate surface area is 175 Å². The molecule has 1 fully saturated rings. The number of hydrogen-bond donors (Lipinski definition) is 3. The van der Waals surface area contributed by atoms with Crippen LogP contribution in [0.1, 0.15) is 6.92 Å². The molecule has 9 nitrogen and oxygen atoms in total. The first-order valence-electron chi connectivity index (χ1n) is 9.48. The van der Waals surface area contributed by atoms with E-state index < -0.39 is 10.0 Å². The molecule has 0 aliphatic carbocycles. The summed E-state index contributed by atoms with van der Waals surface area (Å²) in [4.78, 5) is 27.7. The number of primary sulfonamides is 1. The van der Waals surface area contributed by atoms with Crippen LogP contribution in [0.5, 0.6) is 0 Å². The van der Waals surface area contributed by atoms with Crippen LogP contribution in [-0.4, -0.2) is 57.9 Å². The van der Waals surface area contributed by atoms with Gasteiger partial charge in [-0.1, -0.05) is 0 Å². The molecule has 2 aromatic carbocycles. The number of nitrogens with two attached hydrogens (primary N) is 1. The summed E-state index contributed by atoms with van der Waals surface area (Å²) in [5, 5.41) is 10.7. The minimum absolute atomic E-state index is 0.0895. The van der Waals surface area contributed by atoms with Gasteiger partial charge in [0.1, 0.15) is 0 Å². The molecule has 0 radical (unpaired) electrons. The van der Waals surface area contributed by atoms with Crippen LogP contribution < -0.4 is 20.7 Å². The fourth-order valence-corrected chi connectivity index (χ4v) is 3.77. The SMILES string of the molecule is CC(=O)Nc1ccc(NC(=O)CN2CCN(c3ccc(S(N)(=O)=O)cc3)CC2)cc1. The molecule has 1 aliphatic rings. The van der Waals surface area contributed by atoms with Gasteiger partial charge in [-0.25, -0.2) is 13.6 Å². The minimum atomic E-state index is -3.70. The summed E-state index contributed by atoms with van der Waals surface area (Å²) >= 11 is 0. The molecular formula is C20H25N5O4S. The van der Waals surface area contributed by atoms with E-state index in [9.17, 15) is 18.0 Å². The maximum absolute atomic E-state index is 12.3. The molecule has 10 heteroatoms. The largest absolute Gasteiger partial charge is 0.369 e. The Bertz CT molecular complexity index is 998. The maximum atomic E-state index is 12.3. The van der Waals surface area contributed by atoms with Crippen molar-refractivity contribution in [2.75, 3.05) is 48.3 Å². The summed E-state index contributed by atoms with van der Waals surface area (Å²) in [7, 11) is -3.70. The highest BCUT2D eigenvalue weighted by Crippen LogP contribution is 2.19. The van der Waals surface area contributed by atoms with Crippen molar-refractivity contribution < 1.29 is 18.0 Å². The third kappa shape index (κ3) is 6.02. The number of benzene rings is 2. The number of anilines is 3. The molecule has 1 heterocycles. The lowest BCUT2D eigenvalue weighted by Gasteiger charge is -2.35. The quantitative estimate of drug-likeness (QED) is 0.628. The number of nitrogens with one attached hydrogen (secondary N) is 2. The predicted molar refractivity (Wildman–Crippen MR) is 116 cm³/mol. The lowest BCUT2D eigenvalue weighted by molar-refractivity contribution is -0.117. The molecule has 0 aromatic heterocycles. The Morgan fingerprint density at radius 3 is 1.93 bits per heavy atom. The molecular weight excluding hydrogens is 406 g/mol. The molecule has 2 amide bonds. The molecule has 1 aliphatic heterocycles. The van der Waals surface area contributed by atoms with Gasteiger partial charge in [0.15, 0.2) is 0 Å². The molecule has 160 valence electrons. The van der Waals surface area contributed by atoms with Gasteiger partial charge in [-0.3, -0.25) is 14.5 Å². The van der Waals surface area contributed by atoms with E-state index in [1.54, 1.807) is 36.4 Å². The number of rotatable bonds is 6. The first-order valence-corrected chi connectivity index (χ1v) is 11.0. The van der Waals surface area contributed by atoms with Gasteiger partial charge in [-0.2, -0.15) is 0 Å². The highest BCUT2D eigenvalue weighted by molar-refractivity contribution is 7.89. The maximum Gasteiger partial charge on any atom is 0.238 e. The monoisotopic (exact) mass is 431 g/mol. The summed E-state index contributed by atoms with van der Waals surface area (Å²) in [6.07, 6.45) is 0. The molecule has 0 bridgehead atoms. The van der Waals surface area contributed by atoms with Crippen LogP contribution >= 0.6 is 0 Å². The van der Waals surface area contributed by atoms with E-state index in [0.29, 0.717) is 24.5 Å². The van der Waals surface area contributed by atoms with Crippen molar-refractivity contribution in [3.63, 3.8) is 0 Å². The third-order valence-electron chi connectivity index (χ3n) is 4.76. The summed E-state index contributed by atoms with van der Waals surface area (Å²) < 4.78 is 22.7. The Kier molecular flexibility index (Phi) is 6.70. The molecule has 0 spiro atoms. The van der Waals surface area contributed by atoms with Crippen LogP contribution in [-0.2, 0) is 19.6 Å². The fraction of sp³-hybridized carbons (Fsp3) is 0.300. The Balaban J connectivity index is 1.47. The standard InChI is InChI=1S/C20H25N5O4S/c1-15(26)22-16-2-4-17(5-3-16)23-20(27)14-24-10-12-25(13-11-24)18-6-8-19(9-7-18)30(21,28)29/h2-9H,10-14H2,1H3,(H,22,26)(H,23,27)(H2,21,28,29). The van der Waals surface area contributed by atoms with Gasteiger partial charge in [0.25, 0.3) is 0 Å². The summed E-state index contributed by atoms with van der Waals surface area (Å²) in [5.74, 6) is -0.250. The first kappa shape index (κ1) is 21.8. The van der Waals surface area contributed by atoms with Crippen molar-refractivity contribution in [1.29, 1.82) is 0 Å². The average Bonchev–Trinajstić information content (AvgIpc) is 2.69. The van der Waals surface area contributed by atoms with E-state index >= 15 is 0 Å². The zero-order chi connectivity index (χ0) is 21.7. The number of carbonyl (C=O) groups excluding carboxylic acids is 2. The second-order valence-electron chi connectivity index (χ2n) is 7.11. The van der Waals surface area contributed by atoms with Gasteiger partial charge in [-0.05, 0) is 48.5 Å². The van der Waals surface area contributed by atoms with Crippen molar-refractivity contribution in [2.24, 2.45) is 5.14 Å². The lowest BCUT2D eigenvalue weighted by Crippen LogP contribution is -2.48. The molecule has 1 saturated heterocycles. The number of amides is 2. The number of nitrogens with zero attached hydrogens (tertiary/aromatic N) is 2. The van der Waals surface area contributed by atoms with E-state index in [-0.39, 0.29) is 23.3 Å².